The molecule has 2 heterocycles. The zero-order chi connectivity index (χ0) is 24.2. The lowest BCUT2D eigenvalue weighted by Crippen LogP contribution is -2.25. The second-order valence-electron chi connectivity index (χ2n) is 8.69. The first kappa shape index (κ1) is 25.5. The minimum absolute atomic E-state index is 0.470. The molecule has 0 fully saturated rings. The van der Waals surface area contributed by atoms with Gasteiger partial charge in [0.25, 0.3) is 0 Å². The topological polar surface area (TPSA) is 6.48 Å². The molecule has 2 nitrogen and oxygen atoms in total. The Labute approximate surface area is 221 Å². The van der Waals surface area contributed by atoms with Gasteiger partial charge in [0.1, 0.15) is 0 Å². The summed E-state index contributed by atoms with van der Waals surface area (Å²) in [4.78, 5) is 0. The van der Waals surface area contributed by atoms with E-state index in [1.165, 1.54) is 66.6 Å². The molecule has 0 bridgehead atoms. The number of hydrogen-bond donors (Lipinski definition) is 0. The Morgan fingerprint density at radius 3 is 1.53 bits per heavy atom. The summed E-state index contributed by atoms with van der Waals surface area (Å²) in [5.41, 5.74) is 2.53. The van der Waals surface area contributed by atoms with Gasteiger partial charge in [-0.2, -0.15) is 0 Å². The van der Waals surface area contributed by atoms with Crippen molar-refractivity contribution in [2.45, 2.75) is 65.5 Å². The van der Waals surface area contributed by atoms with Gasteiger partial charge in [-0.15, -0.1) is 22.7 Å². The first-order valence-corrected chi connectivity index (χ1v) is 15.4. The standard InChI is InChI=1S/C28H34N2S4/c1-7-11-19(5)29(31-9-3)21-13-15-23-25(17-21)33-28-24-16-14-22(18-26(24)34-27(23)28)30(32-10-4)20(6)12-8-2/h9-10,13-20H,3-4,7-8,11-12H2,1-2,5-6H3. The van der Waals surface area contributed by atoms with Crippen molar-refractivity contribution in [3.63, 3.8) is 0 Å². The van der Waals surface area contributed by atoms with Crippen LogP contribution in [0.3, 0.4) is 0 Å². The Balaban J connectivity index is 1.74. The second kappa shape index (κ2) is 11.4. The molecular weight excluding hydrogens is 493 g/mol. The van der Waals surface area contributed by atoms with Crippen LogP contribution in [0.5, 0.6) is 0 Å². The van der Waals surface area contributed by atoms with Gasteiger partial charge in [0.05, 0.1) is 9.40 Å². The molecule has 2 atom stereocenters. The number of nitrogens with zero attached hydrogens (tertiary/aromatic N) is 2. The van der Waals surface area contributed by atoms with Crippen molar-refractivity contribution < 1.29 is 0 Å². The molecule has 4 rings (SSSR count). The predicted molar refractivity (Wildman–Crippen MR) is 164 cm³/mol. The molecule has 0 aliphatic carbocycles. The van der Waals surface area contributed by atoms with Gasteiger partial charge in [-0.25, -0.2) is 0 Å². The molecule has 0 spiro atoms. The molecule has 2 unspecified atom stereocenters. The van der Waals surface area contributed by atoms with Crippen molar-refractivity contribution in [2.24, 2.45) is 0 Å². The molecule has 0 aliphatic rings. The highest BCUT2D eigenvalue weighted by Gasteiger charge is 2.19. The zero-order valence-electron chi connectivity index (χ0n) is 20.5. The molecule has 0 radical (unpaired) electrons. The highest BCUT2D eigenvalue weighted by atomic mass is 32.2. The molecule has 34 heavy (non-hydrogen) atoms. The van der Waals surface area contributed by atoms with Crippen molar-refractivity contribution in [3.8, 4) is 0 Å². The summed E-state index contributed by atoms with van der Waals surface area (Å²) in [5, 5.41) is 6.61. The van der Waals surface area contributed by atoms with E-state index in [2.05, 4.69) is 85.9 Å². The van der Waals surface area contributed by atoms with E-state index in [4.69, 9.17) is 0 Å². The van der Waals surface area contributed by atoms with Crippen molar-refractivity contribution in [2.75, 3.05) is 8.61 Å². The van der Waals surface area contributed by atoms with Crippen molar-refractivity contribution in [1.29, 1.82) is 0 Å². The van der Waals surface area contributed by atoms with Crippen LogP contribution < -0.4 is 8.61 Å². The Hall–Kier alpha value is -1.60. The van der Waals surface area contributed by atoms with Crippen LogP contribution in [-0.4, -0.2) is 12.1 Å². The van der Waals surface area contributed by atoms with Gasteiger partial charge in [0.15, 0.2) is 0 Å². The molecule has 6 heteroatoms. The fraction of sp³-hybridized carbons (Fsp3) is 0.357. The van der Waals surface area contributed by atoms with Gasteiger partial charge in [-0.05, 0) is 97.8 Å². The molecular formula is C28H34N2S4. The molecule has 2 aromatic carbocycles. The van der Waals surface area contributed by atoms with Gasteiger partial charge in [-0.3, -0.25) is 0 Å². The number of rotatable bonds is 12. The number of hydrogen-bond acceptors (Lipinski definition) is 6. The lowest BCUT2D eigenvalue weighted by Gasteiger charge is -2.28. The molecule has 0 N–H and O–H groups in total. The highest BCUT2D eigenvalue weighted by Crippen LogP contribution is 2.46. The van der Waals surface area contributed by atoms with Gasteiger partial charge in [-0.1, -0.05) is 39.8 Å². The van der Waals surface area contributed by atoms with Gasteiger partial charge in [0.2, 0.25) is 0 Å². The summed E-state index contributed by atoms with van der Waals surface area (Å²) in [5.74, 6) is 0. The smallest absolute Gasteiger partial charge is 0.0542 e. The summed E-state index contributed by atoms with van der Waals surface area (Å²) in [6.07, 6.45) is 4.70. The zero-order valence-corrected chi connectivity index (χ0v) is 23.8. The van der Waals surface area contributed by atoms with Crippen LogP contribution in [0.1, 0.15) is 53.4 Å². The van der Waals surface area contributed by atoms with E-state index in [0.29, 0.717) is 12.1 Å². The van der Waals surface area contributed by atoms with Gasteiger partial charge < -0.3 is 8.61 Å². The minimum atomic E-state index is 0.470. The Morgan fingerprint density at radius 1 is 0.765 bits per heavy atom. The van der Waals surface area contributed by atoms with Crippen LogP contribution in [0.25, 0.3) is 29.6 Å². The summed E-state index contributed by atoms with van der Waals surface area (Å²) in [6.45, 7) is 17.0. The van der Waals surface area contributed by atoms with Crippen LogP contribution in [0.4, 0.5) is 11.4 Å². The van der Waals surface area contributed by atoms with E-state index in [1.54, 1.807) is 23.9 Å². The average molecular weight is 527 g/mol. The number of fused-ring (bicyclic) bond motifs is 5. The molecule has 0 saturated carbocycles. The first-order valence-electron chi connectivity index (χ1n) is 12.0. The first-order chi connectivity index (χ1) is 16.5. The third-order valence-corrected chi connectivity index (χ3v) is 10.5. The third kappa shape index (κ3) is 5.01. The van der Waals surface area contributed by atoms with Crippen LogP contribution >= 0.6 is 46.6 Å². The van der Waals surface area contributed by atoms with E-state index >= 15 is 0 Å². The van der Waals surface area contributed by atoms with Crippen molar-refractivity contribution >= 4 is 87.5 Å². The summed E-state index contributed by atoms with van der Waals surface area (Å²) in [7, 11) is 0. The number of thiophene rings is 2. The summed E-state index contributed by atoms with van der Waals surface area (Å²) < 4.78 is 10.3. The predicted octanol–water partition coefficient (Wildman–Crippen LogP) is 10.8. The SMILES string of the molecule is C=CSN(c1ccc2c(c1)sc1c3ccc(N(SC=C)C(C)CCC)cc3sc21)C(C)CCC. The fourth-order valence-electron chi connectivity index (χ4n) is 4.58. The maximum absolute atomic E-state index is 3.96. The van der Waals surface area contributed by atoms with Crippen LogP contribution in [0.2, 0.25) is 0 Å². The average Bonchev–Trinajstić information content (AvgIpc) is 3.36. The number of benzene rings is 2. The Kier molecular flexibility index (Phi) is 8.57. The fourth-order valence-corrected chi connectivity index (χ4v) is 8.71. The normalized spacial score (nSPS) is 13.4. The van der Waals surface area contributed by atoms with E-state index in [9.17, 15) is 0 Å². The van der Waals surface area contributed by atoms with Gasteiger partial charge in [0, 0.05) is 43.6 Å². The minimum Gasteiger partial charge on any atom is -0.310 e. The quantitative estimate of drug-likeness (QED) is 0.169. The Bertz CT molecular complexity index is 1190. The third-order valence-electron chi connectivity index (χ3n) is 6.15. The maximum atomic E-state index is 3.96. The molecule has 4 aromatic rings. The van der Waals surface area contributed by atoms with Gasteiger partial charge >= 0.3 is 0 Å². The summed E-state index contributed by atoms with van der Waals surface area (Å²) >= 11 is 7.25. The highest BCUT2D eigenvalue weighted by molar-refractivity contribution is 8.03. The van der Waals surface area contributed by atoms with E-state index in [1.807, 2.05) is 33.5 Å². The van der Waals surface area contributed by atoms with Crippen molar-refractivity contribution in [1.82, 2.24) is 0 Å². The molecule has 0 amide bonds. The number of anilines is 2. The lowest BCUT2D eigenvalue weighted by atomic mass is 10.1. The Morgan fingerprint density at radius 2 is 1.18 bits per heavy atom. The molecule has 0 saturated heterocycles. The van der Waals surface area contributed by atoms with E-state index in [0.717, 1.165) is 0 Å². The maximum Gasteiger partial charge on any atom is 0.0542 e. The monoisotopic (exact) mass is 526 g/mol. The van der Waals surface area contributed by atoms with E-state index in [-0.39, 0.29) is 0 Å². The van der Waals surface area contributed by atoms with Crippen molar-refractivity contribution in [3.05, 3.63) is 60.4 Å². The molecule has 2 aromatic heterocycles. The molecule has 0 aliphatic heterocycles. The molecule has 180 valence electrons. The largest absolute Gasteiger partial charge is 0.310 e. The lowest BCUT2D eigenvalue weighted by molar-refractivity contribution is 0.659. The summed E-state index contributed by atoms with van der Waals surface area (Å²) in [6, 6.07) is 14.9. The van der Waals surface area contributed by atoms with E-state index < -0.39 is 0 Å². The van der Waals surface area contributed by atoms with Crippen LogP contribution in [0.15, 0.2) is 60.4 Å². The van der Waals surface area contributed by atoms with Crippen LogP contribution in [0, 0.1) is 0 Å². The van der Waals surface area contributed by atoms with Crippen LogP contribution in [-0.2, 0) is 0 Å². The second-order valence-corrected chi connectivity index (χ2v) is 12.7.